The van der Waals surface area contributed by atoms with E-state index in [1.165, 1.54) is 11.0 Å². The molecule has 3 fully saturated rings. The summed E-state index contributed by atoms with van der Waals surface area (Å²) in [4.78, 5) is 34.6. The van der Waals surface area contributed by atoms with Crippen LogP contribution in [0.15, 0.2) is 23.2 Å². The van der Waals surface area contributed by atoms with Crippen LogP contribution >= 0.6 is 0 Å². The summed E-state index contributed by atoms with van der Waals surface area (Å²) in [6.45, 7) is 5.92. The maximum absolute atomic E-state index is 14.1. The van der Waals surface area contributed by atoms with Gasteiger partial charge in [-0.3, -0.25) is 9.59 Å². The van der Waals surface area contributed by atoms with Gasteiger partial charge in [-0.15, -0.1) is 0 Å². The van der Waals surface area contributed by atoms with Gasteiger partial charge < -0.3 is 10.6 Å². The Morgan fingerprint density at radius 3 is 2.45 bits per heavy atom. The summed E-state index contributed by atoms with van der Waals surface area (Å²) in [6.07, 6.45) is 1.72. The van der Waals surface area contributed by atoms with Crippen LogP contribution in [0.3, 0.4) is 0 Å². The number of carbonyl (C=O) groups excluding carboxylic acids is 2. The third-order valence-electron chi connectivity index (χ3n) is 8.56. The van der Waals surface area contributed by atoms with Crippen molar-refractivity contribution in [1.82, 2.24) is 35.1 Å². The number of alkyl halides is 5. The number of nitrogens with one attached hydrogen (secondary N) is 2. The molecule has 240 valence electrons. The molecule has 3 aliphatic carbocycles. The zero-order chi connectivity index (χ0) is 31.6. The summed E-state index contributed by atoms with van der Waals surface area (Å²) in [5.74, 6) is -3.31. The molecule has 2 N–H and O–H groups in total. The number of amides is 2. The number of aromatic nitrogens is 5. The SMILES string of the molecule is C=Nn1cc([C@@H](NC(=O)c2ncnn2CC2CC2)C2CCC(F)(F)CC2)nc1/C=C(\C)[C@H](NC(=O)CCC(F)(F)F)C1CC1. The highest BCUT2D eigenvalue weighted by Gasteiger charge is 2.40. The summed E-state index contributed by atoms with van der Waals surface area (Å²) < 4.78 is 69.0. The second-order valence-electron chi connectivity index (χ2n) is 12.2. The fourth-order valence-electron chi connectivity index (χ4n) is 5.75. The fourth-order valence-corrected chi connectivity index (χ4v) is 5.75. The minimum Gasteiger partial charge on any atom is -0.349 e. The molecule has 0 bridgehead atoms. The van der Waals surface area contributed by atoms with Gasteiger partial charge in [-0.1, -0.05) is 0 Å². The van der Waals surface area contributed by atoms with E-state index in [-0.39, 0.29) is 43.3 Å². The van der Waals surface area contributed by atoms with E-state index in [9.17, 15) is 31.5 Å². The van der Waals surface area contributed by atoms with Gasteiger partial charge in [-0.25, -0.2) is 28.1 Å². The van der Waals surface area contributed by atoms with Crippen molar-refractivity contribution in [1.29, 1.82) is 0 Å². The topological polar surface area (TPSA) is 119 Å². The Hall–Kier alpha value is -3.65. The predicted molar refractivity (Wildman–Crippen MR) is 151 cm³/mol. The second-order valence-corrected chi connectivity index (χ2v) is 12.2. The van der Waals surface area contributed by atoms with Crippen molar-refractivity contribution in [2.45, 2.75) is 102 Å². The Balaban J connectivity index is 1.38. The van der Waals surface area contributed by atoms with Crippen molar-refractivity contribution in [3.8, 4) is 0 Å². The molecule has 0 radical (unpaired) electrons. The number of imidazole rings is 1. The van der Waals surface area contributed by atoms with Crippen LogP contribution in [0.4, 0.5) is 22.0 Å². The second kappa shape index (κ2) is 12.8. The Morgan fingerprint density at radius 1 is 1.14 bits per heavy atom. The van der Waals surface area contributed by atoms with Gasteiger partial charge in [0.2, 0.25) is 17.7 Å². The minimum absolute atomic E-state index is 0.0876. The molecule has 0 unspecified atom stereocenters. The molecule has 10 nitrogen and oxygen atoms in total. The van der Waals surface area contributed by atoms with Crippen LogP contribution in [0, 0.1) is 17.8 Å². The van der Waals surface area contributed by atoms with Gasteiger partial charge >= 0.3 is 6.18 Å². The largest absolute Gasteiger partial charge is 0.389 e. The molecule has 0 aliphatic heterocycles. The van der Waals surface area contributed by atoms with Gasteiger partial charge in [0, 0.05) is 32.5 Å². The van der Waals surface area contributed by atoms with Crippen molar-refractivity contribution in [2.75, 3.05) is 0 Å². The molecule has 0 spiro atoms. The average molecular weight is 625 g/mol. The zero-order valence-electron chi connectivity index (χ0n) is 24.5. The minimum atomic E-state index is -4.43. The van der Waals surface area contributed by atoms with Crippen molar-refractivity contribution < 1.29 is 31.5 Å². The lowest BCUT2D eigenvalue weighted by molar-refractivity contribution is -0.144. The number of nitrogens with zero attached hydrogens (tertiary/aromatic N) is 6. The summed E-state index contributed by atoms with van der Waals surface area (Å²) in [7, 11) is 0. The van der Waals surface area contributed by atoms with Crippen LogP contribution in [-0.2, 0) is 11.3 Å². The van der Waals surface area contributed by atoms with Gasteiger partial charge in [0.1, 0.15) is 6.33 Å². The molecule has 2 atom stereocenters. The monoisotopic (exact) mass is 624 g/mol. The number of halogens is 5. The smallest absolute Gasteiger partial charge is 0.349 e. The molecular weight excluding hydrogens is 587 g/mol. The van der Waals surface area contributed by atoms with E-state index < -0.39 is 48.8 Å². The first kappa shape index (κ1) is 31.8. The molecule has 0 aromatic carbocycles. The summed E-state index contributed by atoms with van der Waals surface area (Å²) in [5.41, 5.74) is 1.06. The molecule has 3 saturated carbocycles. The molecule has 5 rings (SSSR count). The Kier molecular flexibility index (Phi) is 9.21. The number of hydrogen-bond donors (Lipinski definition) is 2. The number of rotatable bonds is 13. The first-order valence-corrected chi connectivity index (χ1v) is 15.0. The average Bonchev–Trinajstić information content (AvgIpc) is 3.88. The predicted octanol–water partition coefficient (Wildman–Crippen LogP) is 5.29. The van der Waals surface area contributed by atoms with E-state index in [0.717, 1.165) is 25.7 Å². The summed E-state index contributed by atoms with van der Waals surface area (Å²) >= 11 is 0. The highest BCUT2D eigenvalue weighted by atomic mass is 19.4. The maximum Gasteiger partial charge on any atom is 0.389 e. The molecule has 2 heterocycles. The van der Waals surface area contributed by atoms with Crippen molar-refractivity contribution in [2.24, 2.45) is 22.9 Å². The quantitative estimate of drug-likeness (QED) is 0.232. The molecule has 44 heavy (non-hydrogen) atoms. The zero-order valence-corrected chi connectivity index (χ0v) is 24.5. The van der Waals surface area contributed by atoms with Crippen LogP contribution < -0.4 is 10.6 Å². The third kappa shape index (κ3) is 8.29. The van der Waals surface area contributed by atoms with Crippen molar-refractivity contribution >= 4 is 24.6 Å². The number of hydrogen-bond acceptors (Lipinski definition) is 6. The van der Waals surface area contributed by atoms with Crippen LogP contribution in [0.25, 0.3) is 6.08 Å². The van der Waals surface area contributed by atoms with Crippen LogP contribution in [-0.4, -0.2) is 61.1 Å². The highest BCUT2D eigenvalue weighted by Crippen LogP contribution is 2.42. The lowest BCUT2D eigenvalue weighted by Crippen LogP contribution is -2.38. The van der Waals surface area contributed by atoms with Crippen LogP contribution in [0.1, 0.15) is 99.3 Å². The van der Waals surface area contributed by atoms with Crippen LogP contribution in [0.5, 0.6) is 0 Å². The van der Waals surface area contributed by atoms with Gasteiger partial charge in [0.15, 0.2) is 5.82 Å². The molecule has 3 aliphatic rings. The first-order chi connectivity index (χ1) is 20.8. The number of carbonyl (C=O) groups is 2. The van der Waals surface area contributed by atoms with Gasteiger partial charge in [0.05, 0.1) is 30.4 Å². The van der Waals surface area contributed by atoms with Gasteiger partial charge in [-0.2, -0.15) is 23.4 Å². The summed E-state index contributed by atoms with van der Waals surface area (Å²) in [5, 5.41) is 13.9. The first-order valence-electron chi connectivity index (χ1n) is 15.0. The molecule has 0 saturated heterocycles. The lowest BCUT2D eigenvalue weighted by atomic mass is 9.81. The van der Waals surface area contributed by atoms with Gasteiger partial charge in [0.25, 0.3) is 5.91 Å². The standard InChI is InChI=1S/C29H37F5N8O2/c1-17(24(19-5-6-19)39-23(43)9-12-29(32,33)34)13-22-38-21(15-41(22)35-2)25(20-7-10-28(30,31)11-8-20)40-27(44)26-36-16-37-42(26)14-18-3-4-18/h13,15-16,18-20,24-25H,2-12,14H2,1H3,(H,39,43)(H,40,44)/b17-13+/t24-,25-/m0/s1. The Bertz CT molecular complexity index is 1380. The molecule has 2 aromatic rings. The maximum atomic E-state index is 14.1. The van der Waals surface area contributed by atoms with E-state index in [1.54, 1.807) is 23.9 Å². The molecule has 2 aromatic heterocycles. The molecular formula is C29H37F5N8O2. The fraction of sp³-hybridized carbons (Fsp3) is 0.655. The van der Waals surface area contributed by atoms with E-state index in [0.29, 0.717) is 29.6 Å². The van der Waals surface area contributed by atoms with Crippen molar-refractivity contribution in [3.63, 3.8) is 0 Å². The highest BCUT2D eigenvalue weighted by molar-refractivity contribution is 5.90. The van der Waals surface area contributed by atoms with E-state index >= 15 is 0 Å². The Labute approximate surface area is 251 Å². The van der Waals surface area contributed by atoms with E-state index in [2.05, 4.69) is 32.5 Å². The molecule has 2 amide bonds. The molecule has 15 heteroatoms. The van der Waals surface area contributed by atoms with E-state index in [1.807, 2.05) is 0 Å². The van der Waals surface area contributed by atoms with Crippen molar-refractivity contribution in [3.05, 3.63) is 35.4 Å². The third-order valence-corrected chi connectivity index (χ3v) is 8.56. The Morgan fingerprint density at radius 2 is 1.84 bits per heavy atom. The van der Waals surface area contributed by atoms with E-state index in [4.69, 9.17) is 4.98 Å². The van der Waals surface area contributed by atoms with Crippen LogP contribution in [0.2, 0.25) is 0 Å². The normalized spacial score (nSPS) is 20.6. The summed E-state index contributed by atoms with van der Waals surface area (Å²) in [6, 6.07) is -1.22. The lowest BCUT2D eigenvalue weighted by Gasteiger charge is -2.33. The van der Waals surface area contributed by atoms with Gasteiger partial charge in [-0.05, 0) is 74.9 Å².